The summed E-state index contributed by atoms with van der Waals surface area (Å²) in [6.07, 6.45) is -3.03. The molecule has 6 heteroatoms. The van der Waals surface area contributed by atoms with Crippen LogP contribution in [0.3, 0.4) is 0 Å². The van der Waals surface area contributed by atoms with Crippen molar-refractivity contribution >= 4 is 5.91 Å². The van der Waals surface area contributed by atoms with Crippen LogP contribution in [-0.2, 0) is 4.79 Å². The van der Waals surface area contributed by atoms with Crippen molar-refractivity contribution in [1.29, 1.82) is 0 Å². The maximum absolute atomic E-state index is 13.3. The standard InChI is InChI=1S/C13H21F3N2O/c1-10(19)18-7-4-12(5-8-18)9-17(2)6-3-11(12)13(14,15)16/h11H,3-9H2,1-2H3/t11-/m0/s1. The number of nitrogens with zero attached hydrogens (tertiary/aromatic N) is 2. The SMILES string of the molecule is CC(=O)N1CCC2(CC1)CN(C)CC[C@@H]2C(F)(F)F. The number of alkyl halides is 3. The highest BCUT2D eigenvalue weighted by molar-refractivity contribution is 5.73. The van der Waals surface area contributed by atoms with Crippen molar-refractivity contribution in [1.82, 2.24) is 9.80 Å². The molecular formula is C13H21F3N2O. The minimum Gasteiger partial charge on any atom is -0.343 e. The van der Waals surface area contributed by atoms with E-state index in [2.05, 4.69) is 0 Å². The summed E-state index contributed by atoms with van der Waals surface area (Å²) in [7, 11) is 1.88. The van der Waals surface area contributed by atoms with Crippen molar-refractivity contribution < 1.29 is 18.0 Å². The summed E-state index contributed by atoms with van der Waals surface area (Å²) in [4.78, 5) is 15.0. The van der Waals surface area contributed by atoms with Crippen molar-refractivity contribution in [2.45, 2.75) is 32.4 Å². The number of piperidine rings is 2. The lowest BCUT2D eigenvalue weighted by molar-refractivity contribution is -0.229. The number of amides is 1. The summed E-state index contributed by atoms with van der Waals surface area (Å²) in [5.41, 5.74) is -0.697. The molecule has 0 saturated carbocycles. The number of halogens is 3. The number of rotatable bonds is 0. The number of likely N-dealkylation sites (tertiary alicyclic amines) is 2. The maximum Gasteiger partial charge on any atom is 0.392 e. The van der Waals surface area contributed by atoms with Crippen LogP contribution in [0, 0.1) is 11.3 Å². The lowest BCUT2D eigenvalue weighted by Crippen LogP contribution is -2.57. The first-order valence-electron chi connectivity index (χ1n) is 6.75. The monoisotopic (exact) mass is 278 g/mol. The largest absolute Gasteiger partial charge is 0.392 e. The summed E-state index contributed by atoms with van der Waals surface area (Å²) >= 11 is 0. The second-order valence-corrected chi connectivity index (χ2v) is 5.99. The van der Waals surface area contributed by atoms with E-state index in [0.717, 1.165) is 0 Å². The molecule has 2 saturated heterocycles. The van der Waals surface area contributed by atoms with E-state index >= 15 is 0 Å². The Balaban J connectivity index is 2.16. The summed E-state index contributed by atoms with van der Waals surface area (Å²) in [5.74, 6) is -1.26. The molecule has 2 rings (SSSR count). The Morgan fingerprint density at radius 1 is 1.21 bits per heavy atom. The lowest BCUT2D eigenvalue weighted by Gasteiger charge is -2.51. The van der Waals surface area contributed by atoms with Gasteiger partial charge in [-0.05, 0) is 38.3 Å². The third-order valence-electron chi connectivity index (χ3n) is 4.72. The first kappa shape index (κ1) is 14.6. The Kier molecular flexibility index (Phi) is 3.82. The fraction of sp³-hybridized carbons (Fsp3) is 0.923. The summed E-state index contributed by atoms with van der Waals surface area (Å²) < 4.78 is 39.8. The van der Waals surface area contributed by atoms with Gasteiger partial charge in [-0.15, -0.1) is 0 Å². The van der Waals surface area contributed by atoms with E-state index in [1.54, 1.807) is 4.90 Å². The van der Waals surface area contributed by atoms with Gasteiger partial charge in [0.25, 0.3) is 0 Å². The molecule has 0 aromatic heterocycles. The van der Waals surface area contributed by atoms with Crippen LogP contribution in [0.4, 0.5) is 13.2 Å². The Bertz CT molecular complexity index is 348. The lowest BCUT2D eigenvalue weighted by atomic mass is 9.65. The van der Waals surface area contributed by atoms with Crippen molar-refractivity contribution in [3.63, 3.8) is 0 Å². The van der Waals surface area contributed by atoms with Crippen LogP contribution in [-0.4, -0.2) is 55.1 Å². The summed E-state index contributed by atoms with van der Waals surface area (Å²) in [6, 6.07) is 0. The molecule has 2 aliphatic heterocycles. The van der Waals surface area contributed by atoms with Gasteiger partial charge in [0.1, 0.15) is 0 Å². The predicted molar refractivity (Wildman–Crippen MR) is 65.6 cm³/mol. The first-order valence-corrected chi connectivity index (χ1v) is 6.75. The molecular weight excluding hydrogens is 257 g/mol. The zero-order chi connectivity index (χ0) is 14.3. The number of carbonyl (C=O) groups is 1. The van der Waals surface area contributed by atoms with Crippen molar-refractivity contribution in [2.24, 2.45) is 11.3 Å². The van der Waals surface area contributed by atoms with Gasteiger partial charge >= 0.3 is 6.18 Å². The van der Waals surface area contributed by atoms with Crippen LogP contribution in [0.2, 0.25) is 0 Å². The maximum atomic E-state index is 13.3. The topological polar surface area (TPSA) is 23.6 Å². The van der Waals surface area contributed by atoms with Gasteiger partial charge in [-0.25, -0.2) is 0 Å². The van der Waals surface area contributed by atoms with Crippen molar-refractivity contribution in [3.8, 4) is 0 Å². The Morgan fingerprint density at radius 2 is 1.79 bits per heavy atom. The highest BCUT2D eigenvalue weighted by Crippen LogP contribution is 2.50. The molecule has 0 N–H and O–H groups in total. The first-order chi connectivity index (χ1) is 8.74. The zero-order valence-corrected chi connectivity index (χ0v) is 11.5. The summed E-state index contributed by atoms with van der Waals surface area (Å²) in [6.45, 7) is 3.38. The van der Waals surface area contributed by atoms with Crippen LogP contribution in [0.5, 0.6) is 0 Å². The highest BCUT2D eigenvalue weighted by Gasteiger charge is 2.55. The second-order valence-electron chi connectivity index (χ2n) is 5.99. The summed E-state index contributed by atoms with van der Waals surface area (Å²) in [5, 5.41) is 0. The molecule has 110 valence electrons. The van der Waals surface area contributed by atoms with Crippen molar-refractivity contribution in [3.05, 3.63) is 0 Å². The van der Waals surface area contributed by atoms with Gasteiger partial charge in [0.2, 0.25) is 5.91 Å². The predicted octanol–water partition coefficient (Wildman–Crippen LogP) is 2.13. The van der Waals surface area contributed by atoms with Gasteiger partial charge < -0.3 is 9.80 Å². The molecule has 1 spiro atoms. The van der Waals surface area contributed by atoms with E-state index in [4.69, 9.17) is 0 Å². The fourth-order valence-electron chi connectivity index (χ4n) is 3.67. The van der Waals surface area contributed by atoms with Crippen LogP contribution in [0.1, 0.15) is 26.2 Å². The molecule has 3 nitrogen and oxygen atoms in total. The second kappa shape index (κ2) is 4.96. The zero-order valence-electron chi connectivity index (χ0n) is 11.5. The third kappa shape index (κ3) is 2.88. The molecule has 0 aromatic rings. The number of hydrogen-bond acceptors (Lipinski definition) is 2. The highest BCUT2D eigenvalue weighted by atomic mass is 19.4. The van der Waals surface area contributed by atoms with Crippen LogP contribution in [0.25, 0.3) is 0 Å². The molecule has 0 unspecified atom stereocenters. The van der Waals surface area contributed by atoms with E-state index in [1.165, 1.54) is 6.92 Å². The minimum atomic E-state index is -4.13. The van der Waals surface area contributed by atoms with Gasteiger partial charge in [-0.3, -0.25) is 4.79 Å². The van der Waals surface area contributed by atoms with Crippen LogP contribution < -0.4 is 0 Å². The van der Waals surface area contributed by atoms with Gasteiger partial charge in [0.15, 0.2) is 0 Å². The molecule has 0 aromatic carbocycles. The van der Waals surface area contributed by atoms with E-state index in [0.29, 0.717) is 39.0 Å². The molecule has 1 atom stereocenters. The minimum absolute atomic E-state index is 0.0393. The smallest absolute Gasteiger partial charge is 0.343 e. The third-order valence-corrected chi connectivity index (χ3v) is 4.72. The Morgan fingerprint density at radius 3 is 2.26 bits per heavy atom. The van der Waals surface area contributed by atoms with E-state index in [1.807, 2.05) is 11.9 Å². The van der Waals surface area contributed by atoms with Gasteiger partial charge in [-0.1, -0.05) is 0 Å². The molecule has 0 bridgehead atoms. The average molecular weight is 278 g/mol. The molecule has 0 aliphatic carbocycles. The molecule has 0 radical (unpaired) electrons. The molecule has 19 heavy (non-hydrogen) atoms. The molecule has 1 amide bonds. The average Bonchev–Trinajstić information content (AvgIpc) is 2.27. The quantitative estimate of drug-likeness (QED) is 0.677. The normalized spacial score (nSPS) is 28.7. The molecule has 2 heterocycles. The van der Waals surface area contributed by atoms with E-state index < -0.39 is 17.5 Å². The van der Waals surface area contributed by atoms with Crippen LogP contribution >= 0.6 is 0 Å². The van der Waals surface area contributed by atoms with Gasteiger partial charge in [0, 0.05) is 26.6 Å². The van der Waals surface area contributed by atoms with Gasteiger partial charge in [-0.2, -0.15) is 13.2 Å². The Hall–Kier alpha value is -0.780. The van der Waals surface area contributed by atoms with E-state index in [9.17, 15) is 18.0 Å². The van der Waals surface area contributed by atoms with Crippen LogP contribution in [0.15, 0.2) is 0 Å². The van der Waals surface area contributed by atoms with Gasteiger partial charge in [0.05, 0.1) is 5.92 Å². The van der Waals surface area contributed by atoms with Crippen molar-refractivity contribution in [2.75, 3.05) is 33.2 Å². The molecule has 2 aliphatic rings. The number of carbonyl (C=O) groups excluding carboxylic acids is 1. The molecule has 2 fully saturated rings. The van der Waals surface area contributed by atoms with E-state index in [-0.39, 0.29) is 12.3 Å². The fourth-order valence-corrected chi connectivity index (χ4v) is 3.67. The Labute approximate surface area is 111 Å². The number of hydrogen-bond donors (Lipinski definition) is 0.